The van der Waals surface area contributed by atoms with Gasteiger partial charge in [0.05, 0.1) is 0 Å². The average Bonchev–Trinajstić information content (AvgIpc) is 2.39. The number of primary amides is 1. The van der Waals surface area contributed by atoms with Gasteiger partial charge < -0.3 is 11.1 Å². The molecule has 0 spiro atoms. The van der Waals surface area contributed by atoms with E-state index in [1.165, 1.54) is 6.20 Å². The van der Waals surface area contributed by atoms with Crippen molar-refractivity contribution in [2.45, 2.75) is 12.8 Å². The van der Waals surface area contributed by atoms with Gasteiger partial charge >= 0.3 is 0 Å². The number of rotatable bonds is 1. The Balaban J connectivity index is 2.53. The fourth-order valence-corrected chi connectivity index (χ4v) is 1.40. The van der Waals surface area contributed by atoms with Crippen LogP contribution < -0.4 is 11.1 Å². The molecule has 0 saturated carbocycles. The normalized spacial score (nSPS) is 18.9. The minimum absolute atomic E-state index is 0.381. The molecule has 72 valence electrons. The highest BCUT2D eigenvalue weighted by molar-refractivity contribution is 6.15. The maximum atomic E-state index is 11.3. The largest absolute Gasteiger partial charge is 0.369 e. The predicted octanol–water partition coefficient (Wildman–Crippen LogP) is -0.694. The lowest BCUT2D eigenvalue weighted by Crippen LogP contribution is -2.27. The third-order valence-electron chi connectivity index (χ3n) is 2.04. The zero-order chi connectivity index (χ0) is 10.3. The number of amides is 2. The van der Waals surface area contributed by atoms with Gasteiger partial charge in [0.2, 0.25) is 11.8 Å². The van der Waals surface area contributed by atoms with Crippen molar-refractivity contribution in [3.63, 3.8) is 0 Å². The van der Waals surface area contributed by atoms with Crippen molar-refractivity contribution in [3.05, 3.63) is 17.6 Å². The Kier molecular flexibility index (Phi) is 1.70. The summed E-state index contributed by atoms with van der Waals surface area (Å²) < 4.78 is 0. The first-order valence-electron chi connectivity index (χ1n) is 4.03. The monoisotopic (exact) mass is 192 g/mol. The highest BCUT2D eigenvalue weighted by Crippen LogP contribution is 2.29. The quantitative estimate of drug-likeness (QED) is 0.575. The van der Waals surface area contributed by atoms with E-state index in [9.17, 15) is 9.59 Å². The molecule has 0 radical (unpaired) electrons. The van der Waals surface area contributed by atoms with Gasteiger partial charge in [0, 0.05) is 11.8 Å². The number of nitrogens with zero attached hydrogens (tertiary/aromatic N) is 2. The van der Waals surface area contributed by atoms with Crippen LogP contribution in [0.1, 0.15) is 17.3 Å². The Hall–Kier alpha value is -1.98. The minimum atomic E-state index is -0.953. The second-order valence-electron chi connectivity index (χ2n) is 3.05. The van der Waals surface area contributed by atoms with Gasteiger partial charge in [-0.3, -0.25) is 9.59 Å². The first kappa shape index (κ1) is 8.61. The molecule has 1 aromatic rings. The molecular weight excluding hydrogens is 184 g/mol. The van der Waals surface area contributed by atoms with Crippen molar-refractivity contribution >= 4 is 17.6 Å². The summed E-state index contributed by atoms with van der Waals surface area (Å²) in [5.41, 5.74) is 5.54. The SMILES string of the molecule is Cc1ncc2c(n1)NC(=O)C2C(N)=O. The molecule has 6 heteroatoms. The van der Waals surface area contributed by atoms with E-state index < -0.39 is 17.7 Å². The fourth-order valence-electron chi connectivity index (χ4n) is 1.40. The van der Waals surface area contributed by atoms with Crippen LogP contribution in [0, 0.1) is 6.92 Å². The molecule has 6 nitrogen and oxygen atoms in total. The Bertz CT molecular complexity index is 429. The number of anilines is 1. The predicted molar refractivity (Wildman–Crippen MR) is 47.3 cm³/mol. The third-order valence-corrected chi connectivity index (χ3v) is 2.04. The van der Waals surface area contributed by atoms with Crippen LogP contribution in [0.15, 0.2) is 6.20 Å². The lowest BCUT2D eigenvalue weighted by Gasteiger charge is -2.01. The van der Waals surface area contributed by atoms with Crippen LogP contribution in [-0.2, 0) is 9.59 Å². The number of hydrogen-bond donors (Lipinski definition) is 2. The highest BCUT2D eigenvalue weighted by atomic mass is 16.2. The number of carbonyl (C=O) groups excluding carboxylic acids is 2. The molecule has 14 heavy (non-hydrogen) atoms. The van der Waals surface area contributed by atoms with Gasteiger partial charge in [-0.2, -0.15) is 0 Å². The second-order valence-corrected chi connectivity index (χ2v) is 3.05. The van der Waals surface area contributed by atoms with Crippen molar-refractivity contribution in [2.75, 3.05) is 5.32 Å². The van der Waals surface area contributed by atoms with Gasteiger partial charge in [0.15, 0.2) is 0 Å². The molecule has 0 aromatic carbocycles. The smallest absolute Gasteiger partial charge is 0.242 e. The van der Waals surface area contributed by atoms with Gasteiger partial charge in [-0.15, -0.1) is 0 Å². The Morgan fingerprint density at radius 1 is 1.64 bits per heavy atom. The van der Waals surface area contributed by atoms with E-state index in [0.29, 0.717) is 17.2 Å². The van der Waals surface area contributed by atoms with E-state index in [-0.39, 0.29) is 0 Å². The maximum absolute atomic E-state index is 11.3. The zero-order valence-corrected chi connectivity index (χ0v) is 7.44. The Labute approximate surface area is 79.5 Å². The summed E-state index contributed by atoms with van der Waals surface area (Å²) in [7, 11) is 0. The fraction of sp³-hybridized carbons (Fsp3) is 0.250. The van der Waals surface area contributed by atoms with Crippen molar-refractivity contribution in [1.29, 1.82) is 0 Å². The summed E-state index contributed by atoms with van der Waals surface area (Å²) in [6.07, 6.45) is 1.45. The van der Waals surface area contributed by atoms with Crippen molar-refractivity contribution in [2.24, 2.45) is 5.73 Å². The Morgan fingerprint density at radius 3 is 3.00 bits per heavy atom. The molecule has 3 N–H and O–H groups in total. The molecule has 0 saturated heterocycles. The number of nitrogens with one attached hydrogen (secondary N) is 1. The first-order chi connectivity index (χ1) is 6.59. The molecule has 1 aromatic heterocycles. The molecule has 1 unspecified atom stereocenters. The summed E-state index contributed by atoms with van der Waals surface area (Å²) in [5.74, 6) is -1.16. The minimum Gasteiger partial charge on any atom is -0.369 e. The van der Waals surface area contributed by atoms with Crippen LogP contribution in [0.4, 0.5) is 5.82 Å². The van der Waals surface area contributed by atoms with E-state index in [2.05, 4.69) is 15.3 Å². The topological polar surface area (TPSA) is 98.0 Å². The molecule has 1 atom stereocenters. The molecule has 0 bridgehead atoms. The van der Waals surface area contributed by atoms with Crippen LogP contribution in [0.5, 0.6) is 0 Å². The lowest BCUT2D eigenvalue weighted by atomic mass is 10.0. The van der Waals surface area contributed by atoms with Crippen molar-refractivity contribution in [3.8, 4) is 0 Å². The van der Waals surface area contributed by atoms with E-state index >= 15 is 0 Å². The van der Waals surface area contributed by atoms with Gasteiger partial charge in [-0.25, -0.2) is 9.97 Å². The summed E-state index contributed by atoms with van der Waals surface area (Å²) in [6, 6.07) is 0. The van der Waals surface area contributed by atoms with Gasteiger partial charge in [-0.1, -0.05) is 0 Å². The molecule has 1 aliphatic heterocycles. The van der Waals surface area contributed by atoms with Crippen LogP contribution in [0.3, 0.4) is 0 Å². The summed E-state index contributed by atoms with van der Waals surface area (Å²) in [6.45, 7) is 1.70. The van der Waals surface area contributed by atoms with Crippen LogP contribution in [0.2, 0.25) is 0 Å². The van der Waals surface area contributed by atoms with E-state index in [1.807, 2.05) is 0 Å². The van der Waals surface area contributed by atoms with Crippen LogP contribution in [-0.4, -0.2) is 21.8 Å². The van der Waals surface area contributed by atoms with E-state index in [0.717, 1.165) is 0 Å². The molecule has 2 amide bonds. The summed E-state index contributed by atoms with van der Waals surface area (Å²) in [5, 5.41) is 2.48. The summed E-state index contributed by atoms with van der Waals surface area (Å²) >= 11 is 0. The van der Waals surface area contributed by atoms with Gasteiger partial charge in [-0.05, 0) is 6.92 Å². The molecule has 0 fully saturated rings. The van der Waals surface area contributed by atoms with Gasteiger partial charge in [0.25, 0.3) is 0 Å². The van der Waals surface area contributed by atoms with Crippen LogP contribution >= 0.6 is 0 Å². The van der Waals surface area contributed by atoms with Crippen molar-refractivity contribution < 1.29 is 9.59 Å². The standard InChI is InChI=1S/C8H8N4O2/c1-3-10-2-4-5(6(9)13)8(14)12-7(4)11-3/h2,5H,1H3,(H2,9,13)(H,10,11,12,14). The molecule has 0 aliphatic carbocycles. The number of fused-ring (bicyclic) bond motifs is 1. The molecule has 2 heterocycles. The number of carbonyl (C=O) groups is 2. The van der Waals surface area contributed by atoms with Crippen molar-refractivity contribution in [1.82, 2.24) is 9.97 Å². The number of nitrogens with two attached hydrogens (primary N) is 1. The van der Waals surface area contributed by atoms with Crippen LogP contribution in [0.25, 0.3) is 0 Å². The molecule has 2 rings (SSSR count). The lowest BCUT2D eigenvalue weighted by molar-refractivity contribution is -0.126. The van der Waals surface area contributed by atoms with Gasteiger partial charge in [0.1, 0.15) is 17.6 Å². The second kappa shape index (κ2) is 2.76. The average molecular weight is 192 g/mol. The van der Waals surface area contributed by atoms with E-state index in [4.69, 9.17) is 5.73 Å². The number of aryl methyl sites for hydroxylation is 1. The highest BCUT2D eigenvalue weighted by Gasteiger charge is 2.36. The van der Waals surface area contributed by atoms with E-state index in [1.54, 1.807) is 6.92 Å². The molecule has 1 aliphatic rings. The first-order valence-corrected chi connectivity index (χ1v) is 4.03. The zero-order valence-electron chi connectivity index (χ0n) is 7.44. The summed E-state index contributed by atoms with van der Waals surface area (Å²) in [4.78, 5) is 30.2. The number of aromatic nitrogens is 2. The third kappa shape index (κ3) is 1.12. The maximum Gasteiger partial charge on any atom is 0.242 e. The Morgan fingerprint density at radius 2 is 2.36 bits per heavy atom. The molecular formula is C8H8N4O2. The number of hydrogen-bond acceptors (Lipinski definition) is 4.